The van der Waals surface area contributed by atoms with E-state index in [4.69, 9.17) is 4.52 Å². The van der Waals surface area contributed by atoms with E-state index in [2.05, 4.69) is 18.3 Å². The fraction of sp³-hybridized carbons (Fsp3) is 0.200. The van der Waals surface area contributed by atoms with Crippen molar-refractivity contribution in [3.63, 3.8) is 0 Å². The first-order chi connectivity index (χ1) is 6.79. The van der Waals surface area contributed by atoms with Crippen LogP contribution >= 0.6 is 0 Å². The first-order valence-corrected chi connectivity index (χ1v) is 4.21. The highest BCUT2D eigenvalue weighted by atomic mass is 16.5. The van der Waals surface area contributed by atoms with Gasteiger partial charge in [0.1, 0.15) is 0 Å². The molecule has 1 heterocycles. The van der Waals surface area contributed by atoms with Gasteiger partial charge < -0.3 is 9.42 Å². The van der Waals surface area contributed by atoms with Crippen molar-refractivity contribution in [2.45, 2.75) is 0 Å². The Hall–Kier alpha value is -1.84. The molecule has 1 rings (SSSR count). The van der Waals surface area contributed by atoms with E-state index in [1.54, 1.807) is 17.1 Å². The molecule has 0 bridgehead atoms. The molecular weight excluding hydrogens is 180 g/mol. The Morgan fingerprint density at radius 2 is 2.14 bits per heavy atom. The molecule has 0 spiro atoms. The van der Waals surface area contributed by atoms with Crippen LogP contribution in [0.25, 0.3) is 0 Å². The van der Waals surface area contributed by atoms with E-state index >= 15 is 0 Å². The zero-order valence-corrected chi connectivity index (χ0v) is 7.85. The minimum Gasteiger partial charge on any atom is -0.351 e. The molecule has 0 saturated heterocycles. The molecule has 0 aromatic carbocycles. The quantitative estimate of drug-likeness (QED) is 0.664. The van der Waals surface area contributed by atoms with Gasteiger partial charge in [-0.25, -0.2) is 0 Å². The molecule has 4 heteroatoms. The molecule has 0 unspecified atom stereocenters. The minimum atomic E-state index is -0.206. The number of nitrogens with zero attached hydrogens (tertiary/aromatic N) is 2. The molecule has 0 N–H and O–H groups in total. The summed E-state index contributed by atoms with van der Waals surface area (Å²) in [4.78, 5) is 13.2. The summed E-state index contributed by atoms with van der Waals surface area (Å²) in [6, 6.07) is 1.53. The summed E-state index contributed by atoms with van der Waals surface area (Å²) >= 11 is 0. The van der Waals surface area contributed by atoms with Crippen LogP contribution in [-0.4, -0.2) is 29.1 Å². The predicted molar refractivity (Wildman–Crippen MR) is 52.8 cm³/mol. The monoisotopic (exact) mass is 192 g/mol. The molecule has 0 radical (unpaired) electrons. The van der Waals surface area contributed by atoms with Gasteiger partial charge in [0, 0.05) is 19.2 Å². The highest BCUT2D eigenvalue weighted by Crippen LogP contribution is 2.03. The van der Waals surface area contributed by atoms with Crippen molar-refractivity contribution in [3.05, 3.63) is 43.3 Å². The molecule has 0 aliphatic rings. The van der Waals surface area contributed by atoms with Gasteiger partial charge in [-0.05, 0) is 0 Å². The van der Waals surface area contributed by atoms with Crippen molar-refractivity contribution in [3.8, 4) is 0 Å². The molecular formula is C10H12N2O2. The molecule has 0 saturated carbocycles. The first kappa shape index (κ1) is 10.2. The lowest BCUT2D eigenvalue weighted by Crippen LogP contribution is -2.30. The largest absolute Gasteiger partial charge is 0.351 e. The van der Waals surface area contributed by atoms with Crippen LogP contribution in [0.15, 0.2) is 42.1 Å². The average Bonchev–Trinajstić information content (AvgIpc) is 2.69. The third kappa shape index (κ3) is 2.32. The third-order valence-electron chi connectivity index (χ3n) is 1.63. The van der Waals surface area contributed by atoms with Crippen LogP contribution < -0.4 is 0 Å². The highest BCUT2D eigenvalue weighted by Gasteiger charge is 2.16. The molecule has 0 atom stereocenters. The molecule has 1 amide bonds. The van der Waals surface area contributed by atoms with Crippen LogP contribution in [-0.2, 0) is 0 Å². The number of amides is 1. The van der Waals surface area contributed by atoms with Gasteiger partial charge in [0.25, 0.3) is 5.91 Å². The highest BCUT2D eigenvalue weighted by molar-refractivity contribution is 5.91. The second-order valence-electron chi connectivity index (χ2n) is 2.66. The van der Waals surface area contributed by atoms with E-state index in [1.165, 1.54) is 12.3 Å². The molecule has 1 aromatic rings. The van der Waals surface area contributed by atoms with Crippen LogP contribution in [0, 0.1) is 0 Å². The number of aromatic nitrogens is 1. The summed E-state index contributed by atoms with van der Waals surface area (Å²) in [5.74, 6) is 0.0241. The third-order valence-corrected chi connectivity index (χ3v) is 1.63. The Morgan fingerprint density at radius 1 is 1.50 bits per heavy atom. The van der Waals surface area contributed by atoms with Crippen molar-refractivity contribution in [2.75, 3.05) is 13.1 Å². The molecule has 74 valence electrons. The first-order valence-electron chi connectivity index (χ1n) is 4.21. The Kier molecular flexibility index (Phi) is 3.67. The minimum absolute atomic E-state index is 0.206. The Labute approximate surface area is 82.5 Å². The molecule has 0 fully saturated rings. The fourth-order valence-corrected chi connectivity index (χ4v) is 1.03. The van der Waals surface area contributed by atoms with Crippen LogP contribution in [0.3, 0.4) is 0 Å². The Morgan fingerprint density at radius 3 is 2.57 bits per heavy atom. The van der Waals surface area contributed by atoms with Crippen molar-refractivity contribution < 1.29 is 9.32 Å². The number of hydrogen-bond acceptors (Lipinski definition) is 3. The maximum atomic E-state index is 11.7. The lowest BCUT2D eigenvalue weighted by atomic mass is 10.3. The second-order valence-corrected chi connectivity index (χ2v) is 2.66. The van der Waals surface area contributed by atoms with Crippen molar-refractivity contribution in [1.82, 2.24) is 10.1 Å². The number of carbonyl (C=O) groups is 1. The van der Waals surface area contributed by atoms with Gasteiger partial charge >= 0.3 is 0 Å². The zero-order valence-electron chi connectivity index (χ0n) is 7.85. The summed E-state index contributed by atoms with van der Waals surface area (Å²) < 4.78 is 4.76. The molecule has 0 aliphatic carbocycles. The van der Waals surface area contributed by atoms with Gasteiger partial charge in [0.05, 0.1) is 6.20 Å². The van der Waals surface area contributed by atoms with Gasteiger partial charge in [-0.2, -0.15) is 0 Å². The van der Waals surface area contributed by atoms with E-state index in [9.17, 15) is 4.79 Å². The summed E-state index contributed by atoms with van der Waals surface area (Å²) in [6.07, 6.45) is 4.74. The molecule has 14 heavy (non-hydrogen) atoms. The summed E-state index contributed by atoms with van der Waals surface area (Å²) in [6.45, 7) is 8.07. The van der Waals surface area contributed by atoms with Gasteiger partial charge in [0.15, 0.2) is 0 Å². The zero-order chi connectivity index (χ0) is 10.4. The van der Waals surface area contributed by atoms with Crippen LogP contribution in [0.5, 0.6) is 0 Å². The van der Waals surface area contributed by atoms with Gasteiger partial charge in [-0.3, -0.25) is 4.79 Å². The molecule has 1 aromatic heterocycles. The number of hydrogen-bond donors (Lipinski definition) is 0. The van der Waals surface area contributed by atoms with Gasteiger partial charge in [-0.1, -0.05) is 17.3 Å². The smallest absolute Gasteiger partial charge is 0.293 e. The van der Waals surface area contributed by atoms with Crippen molar-refractivity contribution >= 4 is 5.91 Å². The van der Waals surface area contributed by atoms with Crippen LogP contribution in [0.2, 0.25) is 0 Å². The van der Waals surface area contributed by atoms with E-state index in [0.717, 1.165) is 0 Å². The van der Waals surface area contributed by atoms with E-state index in [0.29, 0.717) is 13.1 Å². The lowest BCUT2D eigenvalue weighted by Gasteiger charge is -2.16. The molecule has 0 aliphatic heterocycles. The summed E-state index contributed by atoms with van der Waals surface area (Å²) in [5, 5.41) is 3.47. The SMILES string of the molecule is C=CCN(CC=C)C(=O)c1ccno1. The average molecular weight is 192 g/mol. The topological polar surface area (TPSA) is 46.3 Å². The molecule has 4 nitrogen and oxygen atoms in total. The maximum Gasteiger partial charge on any atom is 0.293 e. The van der Waals surface area contributed by atoms with E-state index < -0.39 is 0 Å². The summed E-state index contributed by atoms with van der Waals surface area (Å²) in [7, 11) is 0. The predicted octanol–water partition coefficient (Wildman–Crippen LogP) is 1.49. The van der Waals surface area contributed by atoms with Crippen LogP contribution in [0.1, 0.15) is 10.6 Å². The van der Waals surface area contributed by atoms with Gasteiger partial charge in [-0.15, -0.1) is 13.2 Å². The summed E-state index contributed by atoms with van der Waals surface area (Å²) in [5.41, 5.74) is 0. The van der Waals surface area contributed by atoms with Crippen LogP contribution in [0.4, 0.5) is 0 Å². The van der Waals surface area contributed by atoms with E-state index in [1.807, 2.05) is 0 Å². The standard InChI is InChI=1S/C10H12N2O2/c1-3-7-12(8-4-2)10(13)9-5-6-11-14-9/h3-6H,1-2,7-8H2. The van der Waals surface area contributed by atoms with Gasteiger partial charge in [0.2, 0.25) is 5.76 Å². The Bertz CT molecular complexity index is 307. The normalized spacial score (nSPS) is 9.43. The maximum absolute atomic E-state index is 11.7. The van der Waals surface area contributed by atoms with Crippen molar-refractivity contribution in [2.24, 2.45) is 0 Å². The fourth-order valence-electron chi connectivity index (χ4n) is 1.03. The number of carbonyl (C=O) groups excluding carboxylic acids is 1. The number of rotatable bonds is 5. The van der Waals surface area contributed by atoms with E-state index in [-0.39, 0.29) is 11.7 Å². The second kappa shape index (κ2) is 5.01. The Balaban J connectivity index is 2.72. The van der Waals surface area contributed by atoms with Crippen molar-refractivity contribution in [1.29, 1.82) is 0 Å². The lowest BCUT2D eigenvalue weighted by molar-refractivity contribution is 0.0749.